The van der Waals surface area contributed by atoms with Crippen LogP contribution in [0, 0.1) is 0 Å². The number of hydrogen-bond donors (Lipinski definition) is 4. The number of pyridine rings is 1. The zero-order valence-electron chi connectivity index (χ0n) is 8.57. The van der Waals surface area contributed by atoms with Crippen LogP contribution in [0.25, 0.3) is 0 Å². The van der Waals surface area contributed by atoms with Gasteiger partial charge in [0.15, 0.2) is 5.60 Å². The van der Waals surface area contributed by atoms with Gasteiger partial charge in [0, 0.05) is 10.7 Å². The summed E-state index contributed by atoms with van der Waals surface area (Å²) in [5.74, 6) is -1.06. The Bertz CT molecular complexity index is 409. The molecule has 0 fully saturated rings. The lowest BCUT2D eigenvalue weighted by Crippen LogP contribution is -2.41. The topological polar surface area (TPSA) is 108 Å². The summed E-state index contributed by atoms with van der Waals surface area (Å²) in [6.07, 6.45) is 1.52. The number of carboxylic acid groups (broad SMARTS) is 1. The predicted molar refractivity (Wildman–Crippen MR) is 63.1 cm³/mol. The zero-order chi connectivity index (χ0) is 12.3. The van der Waals surface area contributed by atoms with Crippen molar-refractivity contribution in [3.8, 4) is 0 Å². The van der Waals surface area contributed by atoms with Gasteiger partial charge >= 0.3 is 5.97 Å². The average molecular weight is 290 g/mol. The van der Waals surface area contributed by atoms with E-state index in [0.717, 1.165) is 0 Å². The van der Waals surface area contributed by atoms with E-state index in [2.05, 4.69) is 26.2 Å². The second kappa shape index (κ2) is 4.67. The number of aliphatic carboxylic acids is 1. The number of carbonyl (C=O) groups is 1. The molecule has 1 rings (SSSR count). The molecule has 16 heavy (non-hydrogen) atoms. The molecule has 1 unspecified atom stereocenters. The fourth-order valence-electron chi connectivity index (χ4n) is 0.934. The van der Waals surface area contributed by atoms with Gasteiger partial charge in [0.2, 0.25) is 0 Å². The van der Waals surface area contributed by atoms with Crippen molar-refractivity contribution in [3.05, 3.63) is 16.7 Å². The van der Waals surface area contributed by atoms with Gasteiger partial charge in [-0.3, -0.25) is 0 Å². The van der Waals surface area contributed by atoms with Gasteiger partial charge < -0.3 is 21.3 Å². The molecule has 1 aromatic rings. The maximum atomic E-state index is 10.6. The summed E-state index contributed by atoms with van der Waals surface area (Å²) in [4.78, 5) is 14.5. The Labute approximate surface area is 101 Å². The molecule has 0 aliphatic rings. The second-order valence-corrected chi connectivity index (χ2v) is 4.43. The molecule has 1 aromatic heterocycles. The van der Waals surface area contributed by atoms with Crippen molar-refractivity contribution in [3.63, 3.8) is 0 Å². The Morgan fingerprint density at radius 2 is 2.38 bits per heavy atom. The Kier molecular flexibility index (Phi) is 3.71. The lowest BCUT2D eigenvalue weighted by molar-refractivity contribution is -0.155. The highest BCUT2D eigenvalue weighted by atomic mass is 79.9. The highest BCUT2D eigenvalue weighted by Gasteiger charge is 2.29. The molecule has 0 aromatic carbocycles. The third-order valence-corrected chi connectivity index (χ3v) is 2.40. The maximum absolute atomic E-state index is 10.6. The monoisotopic (exact) mass is 289 g/mol. The summed E-state index contributed by atoms with van der Waals surface area (Å²) in [5.41, 5.74) is 4.19. The Hall–Kier alpha value is -1.34. The number of anilines is 2. The zero-order valence-corrected chi connectivity index (χ0v) is 10.2. The molecule has 0 radical (unpaired) electrons. The van der Waals surface area contributed by atoms with E-state index in [4.69, 9.17) is 10.8 Å². The SMILES string of the molecule is CC(O)(CNc1cc(Br)cnc1N)C(=O)O. The highest BCUT2D eigenvalue weighted by Crippen LogP contribution is 2.21. The van der Waals surface area contributed by atoms with Crippen LogP contribution in [-0.2, 0) is 4.79 Å². The van der Waals surface area contributed by atoms with Crippen molar-refractivity contribution in [1.29, 1.82) is 0 Å². The van der Waals surface area contributed by atoms with Crippen LogP contribution in [0.2, 0.25) is 0 Å². The van der Waals surface area contributed by atoms with Crippen molar-refractivity contribution in [2.45, 2.75) is 12.5 Å². The van der Waals surface area contributed by atoms with Gasteiger partial charge in [0.1, 0.15) is 5.82 Å². The first-order chi connectivity index (χ1) is 7.33. The minimum absolute atomic E-state index is 0.162. The Balaban J connectivity index is 2.75. The highest BCUT2D eigenvalue weighted by molar-refractivity contribution is 9.10. The van der Waals surface area contributed by atoms with Gasteiger partial charge in [-0.1, -0.05) is 0 Å². The summed E-state index contributed by atoms with van der Waals surface area (Å²) < 4.78 is 0.708. The fraction of sp³-hybridized carbons (Fsp3) is 0.333. The second-order valence-electron chi connectivity index (χ2n) is 3.52. The van der Waals surface area contributed by atoms with Gasteiger partial charge in [-0.25, -0.2) is 9.78 Å². The van der Waals surface area contributed by atoms with Gasteiger partial charge in [-0.2, -0.15) is 0 Å². The van der Waals surface area contributed by atoms with Gasteiger partial charge in [0.05, 0.1) is 12.2 Å². The van der Waals surface area contributed by atoms with E-state index in [-0.39, 0.29) is 12.4 Å². The molecule has 6 nitrogen and oxygen atoms in total. The van der Waals surface area contributed by atoms with E-state index in [0.29, 0.717) is 10.2 Å². The van der Waals surface area contributed by atoms with Crippen LogP contribution in [0.15, 0.2) is 16.7 Å². The molecule has 0 aliphatic heterocycles. The maximum Gasteiger partial charge on any atom is 0.337 e. The van der Waals surface area contributed by atoms with E-state index in [1.165, 1.54) is 13.1 Å². The third-order valence-electron chi connectivity index (χ3n) is 1.97. The largest absolute Gasteiger partial charge is 0.479 e. The predicted octanol–water partition coefficient (Wildman–Crippen LogP) is 0.674. The first-order valence-corrected chi connectivity index (χ1v) is 5.23. The molecule has 1 heterocycles. The number of nitrogens with zero attached hydrogens (tertiary/aromatic N) is 1. The van der Waals surface area contributed by atoms with E-state index < -0.39 is 11.6 Å². The first-order valence-electron chi connectivity index (χ1n) is 4.43. The molecule has 1 atom stereocenters. The molecular weight excluding hydrogens is 278 g/mol. The molecule has 7 heteroatoms. The molecule has 0 bridgehead atoms. The van der Waals surface area contributed by atoms with Crippen LogP contribution in [0.3, 0.4) is 0 Å². The lowest BCUT2D eigenvalue weighted by atomic mass is 10.1. The number of aromatic nitrogens is 1. The standard InChI is InChI=1S/C9H12BrN3O3/c1-9(16,8(14)15)4-13-6-2-5(10)3-12-7(6)11/h2-3,13,16H,4H2,1H3,(H2,11,12)(H,14,15). The normalized spacial score (nSPS) is 14.2. The summed E-state index contributed by atoms with van der Waals surface area (Å²) in [6.45, 7) is 1.04. The number of halogens is 1. The van der Waals surface area contributed by atoms with Crippen molar-refractivity contribution >= 4 is 33.4 Å². The van der Waals surface area contributed by atoms with Gasteiger partial charge in [-0.15, -0.1) is 0 Å². The van der Waals surface area contributed by atoms with E-state index in [1.54, 1.807) is 6.07 Å². The minimum Gasteiger partial charge on any atom is -0.479 e. The molecule has 0 saturated carbocycles. The van der Waals surface area contributed by atoms with Crippen LogP contribution < -0.4 is 11.1 Å². The van der Waals surface area contributed by atoms with Gasteiger partial charge in [-0.05, 0) is 28.9 Å². The van der Waals surface area contributed by atoms with E-state index in [9.17, 15) is 9.90 Å². The van der Waals surface area contributed by atoms with Crippen LogP contribution in [0.1, 0.15) is 6.92 Å². The minimum atomic E-state index is -1.85. The number of aliphatic hydroxyl groups is 1. The first kappa shape index (κ1) is 12.7. The molecule has 88 valence electrons. The van der Waals surface area contributed by atoms with Crippen molar-refractivity contribution in [2.24, 2.45) is 0 Å². The molecule has 0 amide bonds. The number of nitrogen functional groups attached to an aromatic ring is 1. The van der Waals surface area contributed by atoms with Crippen LogP contribution in [-0.4, -0.2) is 33.3 Å². The molecule has 0 aliphatic carbocycles. The average Bonchev–Trinajstić information content (AvgIpc) is 2.19. The van der Waals surface area contributed by atoms with Crippen molar-refractivity contribution < 1.29 is 15.0 Å². The Morgan fingerprint density at radius 3 is 2.94 bits per heavy atom. The summed E-state index contributed by atoms with van der Waals surface area (Å²) in [7, 11) is 0. The quantitative estimate of drug-likeness (QED) is 0.649. The number of nitrogens with one attached hydrogen (secondary N) is 1. The number of nitrogens with two attached hydrogens (primary N) is 1. The fourth-order valence-corrected chi connectivity index (χ4v) is 1.27. The lowest BCUT2D eigenvalue weighted by Gasteiger charge is -2.19. The van der Waals surface area contributed by atoms with E-state index >= 15 is 0 Å². The van der Waals surface area contributed by atoms with Crippen molar-refractivity contribution in [1.82, 2.24) is 4.98 Å². The number of carboxylic acids is 1. The smallest absolute Gasteiger partial charge is 0.337 e. The van der Waals surface area contributed by atoms with E-state index in [1.807, 2.05) is 0 Å². The van der Waals surface area contributed by atoms with Crippen LogP contribution >= 0.6 is 15.9 Å². The summed E-state index contributed by atoms with van der Waals surface area (Å²) in [6, 6.07) is 1.65. The number of hydrogen-bond acceptors (Lipinski definition) is 5. The molecular formula is C9H12BrN3O3. The number of rotatable bonds is 4. The molecule has 0 spiro atoms. The van der Waals surface area contributed by atoms with Crippen molar-refractivity contribution in [2.75, 3.05) is 17.6 Å². The summed E-state index contributed by atoms with van der Waals surface area (Å²) >= 11 is 3.21. The van der Waals surface area contributed by atoms with Crippen LogP contribution in [0.5, 0.6) is 0 Å². The molecule has 5 N–H and O–H groups in total. The Morgan fingerprint density at radius 1 is 1.75 bits per heavy atom. The summed E-state index contributed by atoms with van der Waals surface area (Å²) in [5, 5.41) is 20.9. The van der Waals surface area contributed by atoms with Crippen LogP contribution in [0.4, 0.5) is 11.5 Å². The van der Waals surface area contributed by atoms with Gasteiger partial charge in [0.25, 0.3) is 0 Å². The third kappa shape index (κ3) is 3.07. The molecule has 0 saturated heterocycles.